The molecule has 112 valence electrons. The summed E-state index contributed by atoms with van der Waals surface area (Å²) < 4.78 is 0. The topological polar surface area (TPSA) is 60.7 Å². The van der Waals surface area contributed by atoms with Gasteiger partial charge in [-0.1, -0.05) is 42.5 Å². The van der Waals surface area contributed by atoms with E-state index in [9.17, 15) is 10.2 Å². The Labute approximate surface area is 129 Å². The number of aliphatic hydroxyl groups is 3. The van der Waals surface area contributed by atoms with E-state index in [0.29, 0.717) is 12.2 Å². The van der Waals surface area contributed by atoms with Crippen molar-refractivity contribution in [2.45, 2.75) is 30.1 Å². The Morgan fingerprint density at radius 1 is 0.905 bits per heavy atom. The second-order valence-electron chi connectivity index (χ2n) is 4.93. The molecule has 2 rings (SSSR count). The molecule has 0 bridgehead atoms. The second kappa shape index (κ2) is 8.20. The van der Waals surface area contributed by atoms with Gasteiger partial charge in [-0.15, -0.1) is 11.8 Å². The average Bonchev–Trinajstić information content (AvgIpc) is 2.54. The third-order valence-electron chi connectivity index (χ3n) is 3.23. The van der Waals surface area contributed by atoms with Crippen molar-refractivity contribution in [3.63, 3.8) is 0 Å². The molecule has 0 amide bonds. The summed E-state index contributed by atoms with van der Waals surface area (Å²) in [7, 11) is 0. The van der Waals surface area contributed by atoms with Crippen LogP contribution in [0, 0.1) is 0 Å². The molecule has 0 saturated heterocycles. The lowest BCUT2D eigenvalue weighted by molar-refractivity contribution is 0.0931. The number of hydrogen-bond acceptors (Lipinski definition) is 4. The normalized spacial score (nSPS) is 13.9. The molecule has 2 atom stereocenters. The van der Waals surface area contributed by atoms with Gasteiger partial charge in [0.1, 0.15) is 0 Å². The Balaban J connectivity index is 1.82. The van der Waals surface area contributed by atoms with Crippen LogP contribution >= 0.6 is 11.8 Å². The first-order valence-electron chi connectivity index (χ1n) is 6.92. The van der Waals surface area contributed by atoms with E-state index >= 15 is 0 Å². The number of thioether (sulfide) groups is 1. The molecule has 0 aliphatic heterocycles. The van der Waals surface area contributed by atoms with Crippen LogP contribution < -0.4 is 0 Å². The van der Waals surface area contributed by atoms with Crippen LogP contribution in [-0.4, -0.2) is 27.2 Å². The lowest BCUT2D eigenvalue weighted by atomic mass is 10.0. The Morgan fingerprint density at radius 2 is 1.57 bits per heavy atom. The van der Waals surface area contributed by atoms with Crippen molar-refractivity contribution in [2.24, 2.45) is 0 Å². The molecule has 0 aliphatic carbocycles. The van der Waals surface area contributed by atoms with Crippen LogP contribution in [0.25, 0.3) is 0 Å². The van der Waals surface area contributed by atoms with Crippen LogP contribution in [0.15, 0.2) is 59.5 Å². The van der Waals surface area contributed by atoms with Crippen molar-refractivity contribution in [1.82, 2.24) is 0 Å². The van der Waals surface area contributed by atoms with E-state index in [1.54, 1.807) is 36.0 Å². The van der Waals surface area contributed by atoms with Crippen molar-refractivity contribution >= 4 is 11.8 Å². The quantitative estimate of drug-likeness (QED) is 0.688. The molecule has 0 spiro atoms. The first kappa shape index (κ1) is 16.0. The first-order valence-corrected chi connectivity index (χ1v) is 7.91. The largest absolute Gasteiger partial charge is 0.392 e. The van der Waals surface area contributed by atoms with Gasteiger partial charge < -0.3 is 15.3 Å². The summed E-state index contributed by atoms with van der Waals surface area (Å²) in [5.74, 6) is 0.551. The van der Waals surface area contributed by atoms with E-state index in [0.717, 1.165) is 16.0 Å². The van der Waals surface area contributed by atoms with Crippen molar-refractivity contribution < 1.29 is 15.3 Å². The monoisotopic (exact) mass is 304 g/mol. The van der Waals surface area contributed by atoms with E-state index in [1.807, 2.05) is 30.3 Å². The molecule has 0 aromatic heterocycles. The Hall–Kier alpha value is -1.33. The lowest BCUT2D eigenvalue weighted by Crippen LogP contribution is -2.15. The van der Waals surface area contributed by atoms with E-state index < -0.39 is 12.2 Å². The fraction of sp³-hybridized carbons (Fsp3) is 0.294. The number of hydrogen-bond donors (Lipinski definition) is 3. The molecule has 0 radical (unpaired) electrons. The Kier molecular flexibility index (Phi) is 6.26. The van der Waals surface area contributed by atoms with Crippen molar-refractivity contribution in [2.75, 3.05) is 5.75 Å². The van der Waals surface area contributed by atoms with Gasteiger partial charge in [0, 0.05) is 17.1 Å². The first-order chi connectivity index (χ1) is 10.2. The van der Waals surface area contributed by atoms with Gasteiger partial charge in [0.05, 0.1) is 18.8 Å². The van der Waals surface area contributed by atoms with Crippen LogP contribution in [0.3, 0.4) is 0 Å². The third-order valence-corrected chi connectivity index (χ3v) is 4.38. The van der Waals surface area contributed by atoms with Gasteiger partial charge in [0.15, 0.2) is 0 Å². The number of benzene rings is 2. The summed E-state index contributed by atoms with van der Waals surface area (Å²) in [6.45, 7) is -0.00723. The second-order valence-corrected chi connectivity index (χ2v) is 6.02. The maximum absolute atomic E-state index is 10.1. The predicted octanol–water partition coefficient (Wildman–Crippen LogP) is 2.76. The molecule has 2 aromatic carbocycles. The molecule has 0 fully saturated rings. The molecule has 3 N–H and O–H groups in total. The predicted molar refractivity (Wildman–Crippen MR) is 85.1 cm³/mol. The van der Waals surface area contributed by atoms with Crippen molar-refractivity contribution in [1.29, 1.82) is 0 Å². The van der Waals surface area contributed by atoms with Crippen LogP contribution in [0.1, 0.15) is 23.7 Å². The highest BCUT2D eigenvalue weighted by Crippen LogP contribution is 2.23. The zero-order valence-electron chi connectivity index (χ0n) is 11.7. The maximum atomic E-state index is 10.1. The lowest BCUT2D eigenvalue weighted by Gasteiger charge is -2.16. The number of rotatable bonds is 7. The number of aliphatic hydroxyl groups excluding tert-OH is 3. The molecule has 0 heterocycles. The minimum Gasteiger partial charge on any atom is -0.392 e. The molecule has 3 nitrogen and oxygen atoms in total. The molecular formula is C17H20O3S. The standard InChI is InChI=1S/C17H20O3S/c18-11-13-6-8-14(9-7-13)17(20)10-15(19)12-21-16-4-2-1-3-5-16/h1-9,15,17-20H,10-12H2/t15-,17+/m1/s1. The fourth-order valence-corrected chi connectivity index (χ4v) is 2.89. The maximum Gasteiger partial charge on any atom is 0.0815 e. The van der Waals surface area contributed by atoms with Crippen LogP contribution in [0.4, 0.5) is 0 Å². The summed E-state index contributed by atoms with van der Waals surface area (Å²) in [5, 5.41) is 29.1. The van der Waals surface area contributed by atoms with Gasteiger partial charge in [-0.3, -0.25) is 0 Å². The summed E-state index contributed by atoms with van der Waals surface area (Å²) in [4.78, 5) is 1.11. The molecule has 0 saturated carbocycles. The van der Waals surface area contributed by atoms with Gasteiger partial charge in [-0.2, -0.15) is 0 Å². The zero-order valence-corrected chi connectivity index (χ0v) is 12.5. The summed E-state index contributed by atoms with van der Waals surface area (Å²) in [6.07, 6.45) is -0.954. The molecule has 0 unspecified atom stereocenters. The van der Waals surface area contributed by atoms with Crippen LogP contribution in [0.2, 0.25) is 0 Å². The van der Waals surface area contributed by atoms with E-state index in [-0.39, 0.29) is 6.61 Å². The minimum atomic E-state index is -0.691. The Bertz CT molecular complexity index is 527. The van der Waals surface area contributed by atoms with Crippen LogP contribution in [0.5, 0.6) is 0 Å². The zero-order chi connectivity index (χ0) is 15.1. The highest BCUT2D eigenvalue weighted by atomic mass is 32.2. The van der Waals surface area contributed by atoms with Gasteiger partial charge in [0.2, 0.25) is 0 Å². The molecular weight excluding hydrogens is 284 g/mol. The highest BCUT2D eigenvalue weighted by Gasteiger charge is 2.14. The van der Waals surface area contributed by atoms with Crippen molar-refractivity contribution in [3.8, 4) is 0 Å². The van der Waals surface area contributed by atoms with E-state index in [2.05, 4.69) is 0 Å². The molecule has 21 heavy (non-hydrogen) atoms. The van der Waals surface area contributed by atoms with E-state index in [1.165, 1.54) is 0 Å². The molecule has 2 aromatic rings. The fourth-order valence-electron chi connectivity index (χ4n) is 2.02. The summed E-state index contributed by atoms with van der Waals surface area (Å²) in [6, 6.07) is 17.0. The SMILES string of the molecule is OCc1ccc([C@@H](O)C[C@@H](O)CSc2ccccc2)cc1. The van der Waals surface area contributed by atoms with Gasteiger partial charge in [-0.25, -0.2) is 0 Å². The summed E-state index contributed by atoms with van der Waals surface area (Å²) in [5.41, 5.74) is 1.57. The molecule has 4 heteroatoms. The minimum absolute atomic E-state index is 0.00723. The molecule has 0 aliphatic rings. The van der Waals surface area contributed by atoms with Crippen LogP contribution in [-0.2, 0) is 6.61 Å². The van der Waals surface area contributed by atoms with Gasteiger partial charge >= 0.3 is 0 Å². The Morgan fingerprint density at radius 3 is 2.19 bits per heavy atom. The van der Waals surface area contributed by atoms with Gasteiger partial charge in [-0.05, 0) is 23.3 Å². The highest BCUT2D eigenvalue weighted by molar-refractivity contribution is 7.99. The average molecular weight is 304 g/mol. The third kappa shape index (κ3) is 5.17. The summed E-state index contributed by atoms with van der Waals surface area (Å²) >= 11 is 1.58. The van der Waals surface area contributed by atoms with E-state index in [4.69, 9.17) is 5.11 Å². The van der Waals surface area contributed by atoms with Gasteiger partial charge in [0.25, 0.3) is 0 Å². The van der Waals surface area contributed by atoms with Crippen molar-refractivity contribution in [3.05, 3.63) is 65.7 Å². The smallest absolute Gasteiger partial charge is 0.0815 e.